The minimum atomic E-state index is -0.569. The summed E-state index contributed by atoms with van der Waals surface area (Å²) >= 11 is 0. The second kappa shape index (κ2) is 8.54. The summed E-state index contributed by atoms with van der Waals surface area (Å²) in [6, 6.07) is 15.8. The Morgan fingerprint density at radius 2 is 1.96 bits per heavy atom. The van der Waals surface area contributed by atoms with Crippen molar-refractivity contribution >= 4 is 5.91 Å². The number of hydrogen-bond acceptors (Lipinski definition) is 3. The average Bonchev–Trinajstić information content (AvgIpc) is 3.21. The van der Waals surface area contributed by atoms with Gasteiger partial charge in [-0.15, -0.1) is 0 Å². The summed E-state index contributed by atoms with van der Waals surface area (Å²) in [7, 11) is 0. The van der Waals surface area contributed by atoms with Crippen LogP contribution < -0.4 is 10.1 Å². The van der Waals surface area contributed by atoms with Crippen LogP contribution in [0.2, 0.25) is 0 Å². The Morgan fingerprint density at radius 1 is 1.15 bits per heavy atom. The topological polar surface area (TPSA) is 67.0 Å². The standard InChI is InChI=1S/C22H25N3O2/c1-15(2)18-7-5-9-20(13-18)27-16(3)22(26)25-14-17-6-4-8-19(12-17)21-23-10-11-24-21/h4-13,15-16H,14H2,1-3H3,(H,23,24)(H,25,26). The van der Waals surface area contributed by atoms with Crippen LogP contribution in [0.25, 0.3) is 11.4 Å². The predicted octanol–water partition coefficient (Wildman–Crippen LogP) is 4.28. The Hall–Kier alpha value is -3.08. The number of carbonyl (C=O) groups excluding carboxylic acids is 1. The zero-order valence-corrected chi connectivity index (χ0v) is 15.9. The number of nitrogens with one attached hydrogen (secondary N) is 2. The Balaban J connectivity index is 1.57. The number of amides is 1. The van der Waals surface area contributed by atoms with Gasteiger partial charge in [0.05, 0.1) is 0 Å². The van der Waals surface area contributed by atoms with Crippen LogP contribution in [0.5, 0.6) is 5.75 Å². The Morgan fingerprint density at radius 3 is 2.70 bits per heavy atom. The highest BCUT2D eigenvalue weighted by Gasteiger charge is 2.15. The normalized spacial score (nSPS) is 12.0. The number of nitrogens with zero attached hydrogens (tertiary/aromatic N) is 1. The van der Waals surface area contributed by atoms with Crippen LogP contribution in [-0.4, -0.2) is 22.0 Å². The summed E-state index contributed by atoms with van der Waals surface area (Å²) in [6.45, 7) is 6.46. The van der Waals surface area contributed by atoms with E-state index in [1.54, 1.807) is 19.3 Å². The summed E-state index contributed by atoms with van der Waals surface area (Å²) in [4.78, 5) is 19.7. The summed E-state index contributed by atoms with van der Waals surface area (Å²) in [5, 5.41) is 2.93. The molecule has 0 bridgehead atoms. The smallest absolute Gasteiger partial charge is 0.261 e. The number of aromatic nitrogens is 2. The molecule has 0 aliphatic heterocycles. The van der Waals surface area contributed by atoms with Gasteiger partial charge in [-0.3, -0.25) is 4.79 Å². The van der Waals surface area contributed by atoms with E-state index in [2.05, 4.69) is 35.2 Å². The summed E-state index contributed by atoms with van der Waals surface area (Å²) < 4.78 is 5.81. The zero-order valence-electron chi connectivity index (χ0n) is 15.9. The minimum absolute atomic E-state index is 0.145. The maximum atomic E-state index is 12.4. The molecule has 0 aliphatic rings. The average molecular weight is 363 g/mol. The number of rotatable bonds is 7. The first-order valence-corrected chi connectivity index (χ1v) is 9.16. The highest BCUT2D eigenvalue weighted by molar-refractivity contribution is 5.80. The van der Waals surface area contributed by atoms with Crippen LogP contribution in [0.3, 0.4) is 0 Å². The van der Waals surface area contributed by atoms with Gasteiger partial charge in [0.15, 0.2) is 6.10 Å². The molecule has 1 amide bonds. The van der Waals surface area contributed by atoms with E-state index >= 15 is 0 Å². The molecule has 0 aliphatic carbocycles. The quantitative estimate of drug-likeness (QED) is 0.658. The molecule has 1 aromatic heterocycles. The van der Waals surface area contributed by atoms with Crippen molar-refractivity contribution in [1.29, 1.82) is 0 Å². The first-order valence-electron chi connectivity index (χ1n) is 9.16. The Bertz CT molecular complexity index is 888. The van der Waals surface area contributed by atoms with Gasteiger partial charge in [-0.05, 0) is 42.2 Å². The largest absolute Gasteiger partial charge is 0.481 e. The van der Waals surface area contributed by atoms with Gasteiger partial charge in [-0.1, -0.05) is 44.2 Å². The number of aromatic amines is 1. The van der Waals surface area contributed by atoms with Gasteiger partial charge in [0.2, 0.25) is 0 Å². The molecule has 0 saturated carbocycles. The van der Waals surface area contributed by atoms with Gasteiger partial charge >= 0.3 is 0 Å². The maximum absolute atomic E-state index is 12.4. The molecule has 2 aromatic carbocycles. The lowest BCUT2D eigenvalue weighted by molar-refractivity contribution is -0.127. The van der Waals surface area contributed by atoms with Crippen molar-refractivity contribution in [3.05, 3.63) is 72.1 Å². The SMILES string of the molecule is CC(Oc1cccc(C(C)C)c1)C(=O)NCc1cccc(-c2ncc[nH]2)c1. The van der Waals surface area contributed by atoms with Gasteiger partial charge in [0.25, 0.3) is 5.91 Å². The molecule has 27 heavy (non-hydrogen) atoms. The van der Waals surface area contributed by atoms with Crippen molar-refractivity contribution in [2.45, 2.75) is 39.3 Å². The lowest BCUT2D eigenvalue weighted by Crippen LogP contribution is -2.35. The maximum Gasteiger partial charge on any atom is 0.261 e. The van der Waals surface area contributed by atoms with Gasteiger partial charge in [0.1, 0.15) is 11.6 Å². The molecule has 0 spiro atoms. The lowest BCUT2D eigenvalue weighted by atomic mass is 10.0. The molecule has 3 aromatic rings. The van der Waals surface area contributed by atoms with Crippen molar-refractivity contribution in [2.75, 3.05) is 0 Å². The third kappa shape index (κ3) is 4.97. The summed E-state index contributed by atoms with van der Waals surface area (Å²) in [5.74, 6) is 1.79. The van der Waals surface area contributed by atoms with Crippen molar-refractivity contribution in [3.8, 4) is 17.1 Å². The molecule has 1 atom stereocenters. The first-order chi connectivity index (χ1) is 13.0. The summed E-state index contributed by atoms with van der Waals surface area (Å²) in [6.07, 6.45) is 2.94. The van der Waals surface area contributed by atoms with E-state index in [4.69, 9.17) is 4.74 Å². The number of benzene rings is 2. The van der Waals surface area contributed by atoms with Crippen LogP contribution in [0.1, 0.15) is 37.8 Å². The van der Waals surface area contributed by atoms with Crippen molar-refractivity contribution in [2.24, 2.45) is 0 Å². The first kappa shape index (κ1) is 18.7. The predicted molar refractivity (Wildman–Crippen MR) is 106 cm³/mol. The van der Waals surface area contributed by atoms with E-state index in [1.807, 2.05) is 42.5 Å². The fourth-order valence-corrected chi connectivity index (χ4v) is 2.79. The fraction of sp³-hybridized carbons (Fsp3) is 0.273. The van der Waals surface area contributed by atoms with E-state index in [-0.39, 0.29) is 5.91 Å². The van der Waals surface area contributed by atoms with Gasteiger partial charge in [-0.2, -0.15) is 0 Å². The summed E-state index contributed by atoms with van der Waals surface area (Å²) in [5.41, 5.74) is 3.18. The molecular weight excluding hydrogens is 338 g/mol. The minimum Gasteiger partial charge on any atom is -0.481 e. The second-order valence-corrected chi connectivity index (χ2v) is 6.84. The van der Waals surface area contributed by atoms with Crippen LogP contribution in [-0.2, 0) is 11.3 Å². The highest BCUT2D eigenvalue weighted by Crippen LogP contribution is 2.21. The van der Waals surface area contributed by atoms with Gasteiger partial charge < -0.3 is 15.0 Å². The number of hydrogen-bond donors (Lipinski definition) is 2. The van der Waals surface area contributed by atoms with Crippen LogP contribution in [0, 0.1) is 0 Å². The molecule has 1 unspecified atom stereocenters. The molecule has 0 saturated heterocycles. The van der Waals surface area contributed by atoms with Crippen molar-refractivity contribution in [1.82, 2.24) is 15.3 Å². The van der Waals surface area contributed by atoms with E-state index in [1.165, 1.54) is 5.56 Å². The van der Waals surface area contributed by atoms with E-state index in [0.717, 1.165) is 17.0 Å². The molecule has 3 rings (SSSR count). The van der Waals surface area contributed by atoms with Gasteiger partial charge in [0, 0.05) is 24.5 Å². The Kier molecular flexibility index (Phi) is 5.91. The number of carbonyl (C=O) groups is 1. The zero-order chi connectivity index (χ0) is 19.2. The molecular formula is C22H25N3O2. The number of ether oxygens (including phenoxy) is 1. The second-order valence-electron chi connectivity index (χ2n) is 6.84. The molecule has 0 radical (unpaired) electrons. The van der Waals surface area contributed by atoms with Crippen molar-refractivity contribution < 1.29 is 9.53 Å². The molecule has 0 fully saturated rings. The third-order valence-electron chi connectivity index (χ3n) is 4.37. The van der Waals surface area contributed by atoms with Crippen LogP contribution in [0.4, 0.5) is 0 Å². The van der Waals surface area contributed by atoms with E-state index in [9.17, 15) is 4.79 Å². The van der Waals surface area contributed by atoms with Crippen LogP contribution in [0.15, 0.2) is 60.9 Å². The number of H-pyrrole nitrogens is 1. The molecule has 2 N–H and O–H groups in total. The van der Waals surface area contributed by atoms with E-state index < -0.39 is 6.10 Å². The fourth-order valence-electron chi connectivity index (χ4n) is 2.79. The van der Waals surface area contributed by atoms with Crippen molar-refractivity contribution in [3.63, 3.8) is 0 Å². The molecule has 1 heterocycles. The van der Waals surface area contributed by atoms with E-state index in [0.29, 0.717) is 18.2 Å². The highest BCUT2D eigenvalue weighted by atomic mass is 16.5. The third-order valence-corrected chi connectivity index (χ3v) is 4.37. The molecule has 5 nitrogen and oxygen atoms in total. The van der Waals surface area contributed by atoms with Gasteiger partial charge in [-0.25, -0.2) is 4.98 Å². The Labute approximate surface area is 159 Å². The van der Waals surface area contributed by atoms with Crippen LogP contribution >= 0.6 is 0 Å². The monoisotopic (exact) mass is 363 g/mol. The molecule has 5 heteroatoms. The lowest BCUT2D eigenvalue weighted by Gasteiger charge is -2.16. The molecule has 140 valence electrons. The number of imidazole rings is 1.